The number of nitrogens with one attached hydrogen (secondary N) is 2. The van der Waals surface area contributed by atoms with Crippen LogP contribution in [0, 0.1) is 0 Å². The first-order valence-electron chi connectivity index (χ1n) is 12.9. The first-order valence-corrected chi connectivity index (χ1v) is 14.4. The Balaban J connectivity index is 1.31. The lowest BCUT2D eigenvalue weighted by atomic mass is 10.1. The van der Waals surface area contributed by atoms with Crippen LogP contribution in [0.4, 0.5) is 5.82 Å². The highest BCUT2D eigenvalue weighted by Crippen LogP contribution is 2.41. The summed E-state index contributed by atoms with van der Waals surface area (Å²) in [6.45, 7) is 1.28. The van der Waals surface area contributed by atoms with E-state index in [4.69, 9.17) is 28.2 Å². The van der Waals surface area contributed by atoms with Crippen molar-refractivity contribution in [1.29, 1.82) is 0 Å². The Morgan fingerprint density at radius 1 is 1.00 bits per heavy atom. The molecule has 1 atom stereocenters. The van der Waals surface area contributed by atoms with Crippen LogP contribution in [0.25, 0.3) is 11.0 Å². The number of ether oxygens (including phenoxy) is 5. The molecule has 0 radical (unpaired) electrons. The zero-order valence-corrected chi connectivity index (χ0v) is 23.2. The van der Waals surface area contributed by atoms with Gasteiger partial charge in [0.2, 0.25) is 0 Å². The van der Waals surface area contributed by atoms with Crippen molar-refractivity contribution < 1.29 is 36.6 Å². The van der Waals surface area contributed by atoms with Crippen LogP contribution < -0.4 is 18.9 Å². The van der Waals surface area contributed by atoms with Crippen molar-refractivity contribution in [3.8, 4) is 17.2 Å². The summed E-state index contributed by atoms with van der Waals surface area (Å²) in [5.74, 6) is 1.30. The van der Waals surface area contributed by atoms with Crippen molar-refractivity contribution in [3.63, 3.8) is 0 Å². The van der Waals surface area contributed by atoms with Crippen LogP contribution in [0.3, 0.4) is 0 Å². The molecule has 0 unspecified atom stereocenters. The highest BCUT2D eigenvalue weighted by molar-refractivity contribution is 7.93. The molecule has 1 saturated heterocycles. The number of fused-ring (bicyclic) bond motifs is 1. The summed E-state index contributed by atoms with van der Waals surface area (Å²) in [6.07, 6.45) is 2.51. The van der Waals surface area contributed by atoms with E-state index in [0.29, 0.717) is 54.4 Å². The third-order valence-corrected chi connectivity index (χ3v) is 8.47. The Hall–Kier alpha value is -3.81. The molecule has 1 aliphatic heterocycles. The van der Waals surface area contributed by atoms with Gasteiger partial charge in [0, 0.05) is 23.6 Å². The molecule has 1 aliphatic carbocycles. The zero-order valence-electron chi connectivity index (χ0n) is 22.4. The fourth-order valence-electron chi connectivity index (χ4n) is 4.88. The van der Waals surface area contributed by atoms with Gasteiger partial charge in [-0.25, -0.2) is 8.42 Å². The molecule has 12 nitrogen and oxygen atoms in total. The van der Waals surface area contributed by atoms with Crippen LogP contribution in [-0.4, -0.2) is 64.9 Å². The minimum Gasteiger partial charge on any atom is -0.496 e. The monoisotopic (exact) mass is 570 g/mol. The topological polar surface area (TPSA) is 147 Å². The molecule has 1 saturated carbocycles. The SMILES string of the molecule is COc1cc2c(NS(=O)(=O)c3c(OC)cc([C@@H]4COCCO4)cc3OC)noc2cc1Cc1cc(C2CC2)n[nH]1. The smallest absolute Gasteiger partial charge is 0.270 e. The average Bonchev–Trinajstić information content (AvgIpc) is 3.61. The fraction of sp³-hybridized carbons (Fsp3) is 0.407. The summed E-state index contributed by atoms with van der Waals surface area (Å²) in [5.41, 5.74) is 3.95. The van der Waals surface area contributed by atoms with Gasteiger partial charge >= 0.3 is 0 Å². The highest BCUT2D eigenvalue weighted by Gasteiger charge is 2.30. The first-order chi connectivity index (χ1) is 19.4. The van der Waals surface area contributed by atoms with E-state index in [1.54, 1.807) is 31.4 Å². The van der Waals surface area contributed by atoms with Crippen LogP contribution in [0.15, 0.2) is 39.8 Å². The van der Waals surface area contributed by atoms with Crippen molar-refractivity contribution in [2.45, 2.75) is 36.2 Å². The van der Waals surface area contributed by atoms with Crippen LogP contribution in [0.1, 0.15) is 47.4 Å². The van der Waals surface area contributed by atoms with Crippen molar-refractivity contribution in [3.05, 3.63) is 52.8 Å². The minimum atomic E-state index is -4.23. The molecule has 212 valence electrons. The van der Waals surface area contributed by atoms with Crippen LogP contribution in [-0.2, 0) is 25.9 Å². The summed E-state index contributed by atoms with van der Waals surface area (Å²) in [4.78, 5) is -0.177. The maximum absolute atomic E-state index is 13.7. The lowest BCUT2D eigenvalue weighted by molar-refractivity contribution is -0.0902. The Kier molecular flexibility index (Phi) is 7.02. The molecule has 6 rings (SSSR count). The van der Waals surface area contributed by atoms with E-state index in [-0.39, 0.29) is 28.3 Å². The number of nitrogens with zero attached hydrogens (tertiary/aromatic N) is 2. The van der Waals surface area contributed by atoms with Gasteiger partial charge in [-0.15, -0.1) is 0 Å². The number of hydrogen-bond donors (Lipinski definition) is 2. The number of aromatic nitrogens is 3. The summed E-state index contributed by atoms with van der Waals surface area (Å²) in [6, 6.07) is 8.78. The van der Waals surface area contributed by atoms with Gasteiger partial charge in [0.05, 0.1) is 52.2 Å². The second-order valence-corrected chi connectivity index (χ2v) is 11.4. The molecule has 0 bridgehead atoms. The summed E-state index contributed by atoms with van der Waals surface area (Å²) in [7, 11) is 0.104. The molecule has 2 aliphatic rings. The van der Waals surface area contributed by atoms with Crippen molar-refractivity contribution in [1.82, 2.24) is 15.4 Å². The molecule has 0 amide bonds. The zero-order chi connectivity index (χ0) is 27.9. The molecule has 3 heterocycles. The summed E-state index contributed by atoms with van der Waals surface area (Å²) < 4.78 is 63.2. The molecule has 0 spiro atoms. The number of rotatable bonds is 10. The Labute approximate surface area is 230 Å². The van der Waals surface area contributed by atoms with E-state index in [1.807, 2.05) is 0 Å². The minimum absolute atomic E-state index is 0.00889. The van der Waals surface area contributed by atoms with Crippen molar-refractivity contribution in [2.24, 2.45) is 0 Å². The van der Waals surface area contributed by atoms with Gasteiger partial charge in [0.15, 0.2) is 16.3 Å². The number of sulfonamides is 1. The molecule has 4 aromatic rings. The number of H-pyrrole nitrogens is 1. The van der Waals surface area contributed by atoms with Gasteiger partial charge < -0.3 is 28.2 Å². The van der Waals surface area contributed by atoms with Gasteiger partial charge in [0.25, 0.3) is 10.0 Å². The van der Waals surface area contributed by atoms with Gasteiger partial charge in [-0.2, -0.15) is 5.10 Å². The number of anilines is 1. The van der Waals surface area contributed by atoms with Crippen LogP contribution in [0.5, 0.6) is 17.2 Å². The van der Waals surface area contributed by atoms with E-state index in [2.05, 4.69) is 26.1 Å². The van der Waals surface area contributed by atoms with Gasteiger partial charge in [-0.1, -0.05) is 5.16 Å². The van der Waals surface area contributed by atoms with Crippen molar-refractivity contribution in [2.75, 3.05) is 45.9 Å². The molecular formula is C27H30N4O8S. The largest absolute Gasteiger partial charge is 0.496 e. The molecule has 2 N–H and O–H groups in total. The van der Waals surface area contributed by atoms with E-state index in [0.717, 1.165) is 17.0 Å². The van der Waals surface area contributed by atoms with E-state index in [1.165, 1.54) is 27.1 Å². The van der Waals surface area contributed by atoms with E-state index < -0.39 is 10.0 Å². The van der Waals surface area contributed by atoms with E-state index >= 15 is 0 Å². The summed E-state index contributed by atoms with van der Waals surface area (Å²) >= 11 is 0. The summed E-state index contributed by atoms with van der Waals surface area (Å²) in [5, 5.41) is 12.0. The third kappa shape index (κ3) is 5.07. The van der Waals surface area contributed by atoms with Crippen molar-refractivity contribution >= 4 is 26.8 Å². The van der Waals surface area contributed by atoms with Gasteiger partial charge in [0.1, 0.15) is 23.4 Å². The fourth-order valence-corrected chi connectivity index (χ4v) is 6.20. The second-order valence-electron chi connectivity index (χ2n) is 9.75. The molecule has 40 heavy (non-hydrogen) atoms. The maximum Gasteiger partial charge on any atom is 0.270 e. The first kappa shape index (κ1) is 26.4. The Bertz CT molecular complexity index is 1610. The Morgan fingerprint density at radius 2 is 1.75 bits per heavy atom. The molecular weight excluding hydrogens is 540 g/mol. The maximum atomic E-state index is 13.7. The molecule has 2 fully saturated rings. The number of benzene rings is 2. The van der Waals surface area contributed by atoms with Gasteiger partial charge in [-0.3, -0.25) is 9.82 Å². The lowest BCUT2D eigenvalue weighted by Crippen LogP contribution is -2.22. The second kappa shape index (κ2) is 10.6. The Morgan fingerprint density at radius 3 is 2.40 bits per heavy atom. The van der Waals surface area contributed by atoms with Crippen LogP contribution in [0.2, 0.25) is 0 Å². The predicted octanol–water partition coefficient (Wildman–Crippen LogP) is 3.93. The average molecular weight is 571 g/mol. The highest BCUT2D eigenvalue weighted by atomic mass is 32.2. The normalized spacial score (nSPS) is 17.6. The number of methoxy groups -OCH3 is 3. The standard InChI is InChI=1S/C27H30N4O8S/c1-34-21-13-19-22(9-16(21)8-18-12-20(29-28-18)15-4-5-15)39-30-27(19)31-40(32,33)26-23(35-2)10-17(11-24(26)36-3)25-14-37-6-7-38-25/h9-13,15,25H,4-8,14H2,1-3H3,(H,28,29)(H,30,31)/t25-/m0/s1. The third-order valence-electron chi connectivity index (χ3n) is 7.07. The van der Waals surface area contributed by atoms with Crippen LogP contribution >= 0.6 is 0 Å². The quantitative estimate of drug-likeness (QED) is 0.287. The molecule has 2 aromatic heterocycles. The number of aromatic amines is 1. The number of hydrogen-bond acceptors (Lipinski definition) is 10. The predicted molar refractivity (Wildman–Crippen MR) is 144 cm³/mol. The van der Waals surface area contributed by atoms with E-state index in [9.17, 15) is 8.42 Å². The van der Waals surface area contributed by atoms with Gasteiger partial charge in [-0.05, 0) is 48.7 Å². The lowest BCUT2D eigenvalue weighted by Gasteiger charge is -2.25. The molecule has 13 heteroatoms. The molecule has 2 aromatic carbocycles.